The van der Waals surface area contributed by atoms with Crippen LogP contribution in [-0.4, -0.2) is 24.4 Å². The van der Waals surface area contributed by atoms with Crippen molar-refractivity contribution in [2.75, 3.05) is 14.2 Å². The first-order chi connectivity index (χ1) is 10.6. The van der Waals surface area contributed by atoms with Crippen LogP contribution in [0.2, 0.25) is 0 Å². The Bertz CT molecular complexity index is 648. The Morgan fingerprint density at radius 1 is 1.18 bits per heavy atom. The predicted octanol–water partition coefficient (Wildman–Crippen LogP) is 2.41. The molecule has 6 heteroatoms. The maximum Gasteiger partial charge on any atom is 0.246 e. The maximum atomic E-state index is 6.34. The van der Waals surface area contributed by atoms with Gasteiger partial charge >= 0.3 is 0 Å². The molecule has 1 fully saturated rings. The van der Waals surface area contributed by atoms with Crippen LogP contribution < -0.4 is 15.2 Å². The summed E-state index contributed by atoms with van der Waals surface area (Å²) in [6, 6.07) is 5.75. The molecule has 118 valence electrons. The number of benzene rings is 1. The molecule has 1 aromatic heterocycles. The number of aromatic nitrogens is 2. The first-order valence-electron chi connectivity index (χ1n) is 7.47. The first-order valence-corrected chi connectivity index (χ1v) is 7.47. The molecule has 1 heterocycles. The van der Waals surface area contributed by atoms with E-state index in [1.54, 1.807) is 14.2 Å². The molecule has 1 saturated carbocycles. The van der Waals surface area contributed by atoms with Crippen LogP contribution in [0.25, 0.3) is 0 Å². The molecule has 3 rings (SSSR count). The van der Waals surface area contributed by atoms with Crippen LogP contribution in [0.15, 0.2) is 22.7 Å². The minimum atomic E-state index is -0.442. The van der Waals surface area contributed by atoms with Gasteiger partial charge in [-0.25, -0.2) is 0 Å². The fraction of sp³-hybridized carbons (Fsp3) is 0.500. The molecule has 1 aliphatic rings. The molecule has 0 radical (unpaired) electrons. The van der Waals surface area contributed by atoms with Gasteiger partial charge in [-0.15, -0.1) is 0 Å². The number of hydrogen-bond acceptors (Lipinski definition) is 6. The van der Waals surface area contributed by atoms with Gasteiger partial charge in [0.1, 0.15) is 0 Å². The van der Waals surface area contributed by atoms with Crippen LogP contribution in [-0.2, 0) is 12.0 Å². The van der Waals surface area contributed by atoms with Crippen LogP contribution in [0.3, 0.4) is 0 Å². The molecule has 0 amide bonds. The van der Waals surface area contributed by atoms with Crippen LogP contribution in [0.4, 0.5) is 0 Å². The van der Waals surface area contributed by atoms with E-state index < -0.39 is 5.54 Å². The molecular formula is C16H21N3O3. The van der Waals surface area contributed by atoms with Crippen molar-refractivity contribution in [3.05, 3.63) is 35.5 Å². The van der Waals surface area contributed by atoms with Gasteiger partial charge in [0.05, 0.1) is 19.8 Å². The monoisotopic (exact) mass is 303 g/mol. The molecule has 1 aliphatic carbocycles. The highest BCUT2D eigenvalue weighted by atomic mass is 16.5. The van der Waals surface area contributed by atoms with E-state index in [2.05, 4.69) is 10.1 Å². The van der Waals surface area contributed by atoms with Gasteiger partial charge in [0.25, 0.3) is 0 Å². The fourth-order valence-electron chi connectivity index (χ4n) is 2.92. The molecule has 0 saturated heterocycles. The lowest BCUT2D eigenvalue weighted by Gasteiger charge is -2.17. The minimum absolute atomic E-state index is 0.442. The zero-order valence-corrected chi connectivity index (χ0v) is 13.0. The molecule has 0 aliphatic heterocycles. The van der Waals surface area contributed by atoms with Crippen molar-refractivity contribution >= 4 is 0 Å². The lowest BCUT2D eigenvalue weighted by molar-refractivity contribution is 0.284. The van der Waals surface area contributed by atoms with Gasteiger partial charge in [-0.3, -0.25) is 0 Å². The summed E-state index contributed by atoms with van der Waals surface area (Å²) in [7, 11) is 3.23. The van der Waals surface area contributed by atoms with Crippen molar-refractivity contribution in [2.24, 2.45) is 5.73 Å². The van der Waals surface area contributed by atoms with E-state index in [-0.39, 0.29) is 0 Å². The second kappa shape index (κ2) is 5.96. The number of nitrogens with two attached hydrogens (primary N) is 1. The normalized spacial score (nSPS) is 16.7. The van der Waals surface area contributed by atoms with Crippen molar-refractivity contribution in [3.63, 3.8) is 0 Å². The molecule has 2 N–H and O–H groups in total. The molecule has 0 unspecified atom stereocenters. The number of methoxy groups -OCH3 is 2. The van der Waals surface area contributed by atoms with Gasteiger partial charge in [-0.1, -0.05) is 24.1 Å². The highest BCUT2D eigenvalue weighted by Gasteiger charge is 2.36. The molecular weight excluding hydrogens is 282 g/mol. The Labute approximate surface area is 129 Å². The molecule has 6 nitrogen and oxygen atoms in total. The van der Waals surface area contributed by atoms with E-state index in [9.17, 15) is 0 Å². The van der Waals surface area contributed by atoms with E-state index in [4.69, 9.17) is 19.7 Å². The Morgan fingerprint density at radius 2 is 1.91 bits per heavy atom. The SMILES string of the molecule is COc1ccc(Cc2noc(C3(N)CCCC3)n2)cc1OC. The summed E-state index contributed by atoms with van der Waals surface area (Å²) in [6.45, 7) is 0. The third-order valence-corrected chi connectivity index (χ3v) is 4.20. The van der Waals surface area contributed by atoms with Crippen molar-refractivity contribution < 1.29 is 14.0 Å². The average Bonchev–Trinajstić information content (AvgIpc) is 3.17. The van der Waals surface area contributed by atoms with Crippen LogP contribution in [0.1, 0.15) is 43.0 Å². The summed E-state index contributed by atoms with van der Waals surface area (Å²) in [4.78, 5) is 4.48. The molecule has 0 bridgehead atoms. The third kappa shape index (κ3) is 2.78. The van der Waals surface area contributed by atoms with Gasteiger partial charge in [0, 0.05) is 6.42 Å². The third-order valence-electron chi connectivity index (χ3n) is 4.20. The smallest absolute Gasteiger partial charge is 0.246 e. The zero-order chi connectivity index (χ0) is 15.6. The zero-order valence-electron chi connectivity index (χ0n) is 13.0. The Morgan fingerprint density at radius 3 is 2.59 bits per heavy atom. The summed E-state index contributed by atoms with van der Waals surface area (Å²) in [6.07, 6.45) is 4.61. The lowest BCUT2D eigenvalue weighted by atomic mass is 9.99. The van der Waals surface area contributed by atoms with Gasteiger partial charge in [0.2, 0.25) is 5.89 Å². The predicted molar refractivity (Wildman–Crippen MR) is 81.0 cm³/mol. The highest BCUT2D eigenvalue weighted by molar-refractivity contribution is 5.43. The van der Waals surface area contributed by atoms with E-state index in [0.29, 0.717) is 29.6 Å². The molecule has 22 heavy (non-hydrogen) atoms. The van der Waals surface area contributed by atoms with E-state index in [1.165, 1.54) is 0 Å². The maximum absolute atomic E-state index is 6.34. The van der Waals surface area contributed by atoms with Crippen molar-refractivity contribution in [2.45, 2.75) is 37.6 Å². The molecule has 0 atom stereocenters. The number of rotatable bonds is 5. The van der Waals surface area contributed by atoms with Crippen LogP contribution in [0, 0.1) is 0 Å². The Balaban J connectivity index is 1.78. The van der Waals surface area contributed by atoms with Crippen molar-refractivity contribution in [1.29, 1.82) is 0 Å². The second-order valence-electron chi connectivity index (χ2n) is 5.75. The van der Waals surface area contributed by atoms with E-state index >= 15 is 0 Å². The number of hydrogen-bond donors (Lipinski definition) is 1. The quantitative estimate of drug-likeness (QED) is 0.913. The largest absolute Gasteiger partial charge is 0.493 e. The highest BCUT2D eigenvalue weighted by Crippen LogP contribution is 2.35. The average molecular weight is 303 g/mol. The second-order valence-corrected chi connectivity index (χ2v) is 5.75. The fourth-order valence-corrected chi connectivity index (χ4v) is 2.92. The minimum Gasteiger partial charge on any atom is -0.493 e. The van der Waals surface area contributed by atoms with Crippen LogP contribution in [0.5, 0.6) is 11.5 Å². The number of ether oxygens (including phenoxy) is 2. The summed E-state index contributed by atoms with van der Waals surface area (Å²) in [5.41, 5.74) is 6.93. The molecule has 1 aromatic carbocycles. The van der Waals surface area contributed by atoms with Crippen LogP contribution >= 0.6 is 0 Å². The van der Waals surface area contributed by atoms with Gasteiger partial charge in [0.15, 0.2) is 17.3 Å². The summed E-state index contributed by atoms with van der Waals surface area (Å²) in [5, 5.41) is 4.06. The van der Waals surface area contributed by atoms with Gasteiger partial charge < -0.3 is 19.7 Å². The standard InChI is InChI=1S/C16H21N3O3/c1-20-12-6-5-11(9-13(12)21-2)10-14-18-15(22-19-14)16(17)7-3-4-8-16/h5-6,9H,3-4,7-8,10,17H2,1-2H3. The first kappa shape index (κ1) is 14.8. The van der Waals surface area contributed by atoms with Gasteiger partial charge in [-0.2, -0.15) is 4.98 Å². The van der Waals surface area contributed by atoms with E-state index in [1.807, 2.05) is 18.2 Å². The summed E-state index contributed by atoms with van der Waals surface area (Å²) in [5.74, 6) is 2.58. The van der Waals surface area contributed by atoms with Crippen molar-refractivity contribution in [1.82, 2.24) is 10.1 Å². The molecule has 0 spiro atoms. The van der Waals surface area contributed by atoms with Crippen molar-refractivity contribution in [3.8, 4) is 11.5 Å². The summed E-state index contributed by atoms with van der Waals surface area (Å²) >= 11 is 0. The van der Waals surface area contributed by atoms with Gasteiger partial charge in [-0.05, 0) is 30.5 Å². The molecule has 2 aromatic rings. The number of nitrogens with zero attached hydrogens (tertiary/aromatic N) is 2. The lowest BCUT2D eigenvalue weighted by Crippen LogP contribution is -2.33. The topological polar surface area (TPSA) is 83.4 Å². The Kier molecular flexibility index (Phi) is 4.02. The van der Waals surface area contributed by atoms with E-state index in [0.717, 1.165) is 31.2 Å². The Hall–Kier alpha value is -2.08. The summed E-state index contributed by atoms with van der Waals surface area (Å²) < 4.78 is 15.9.